The van der Waals surface area contributed by atoms with Gasteiger partial charge in [-0.1, -0.05) is 146 Å². The second-order valence-electron chi connectivity index (χ2n) is 15.5. The fraction of sp³-hybridized carbons (Fsp3) is 0. The highest BCUT2D eigenvalue weighted by molar-refractivity contribution is 6.17. The van der Waals surface area contributed by atoms with Crippen molar-refractivity contribution in [2.45, 2.75) is 0 Å². The molecule has 2 aromatic heterocycles. The monoisotopic (exact) mass is 780 g/mol. The van der Waals surface area contributed by atoms with Crippen molar-refractivity contribution in [2.24, 2.45) is 0 Å². The highest BCUT2D eigenvalue weighted by atomic mass is 16.4. The van der Waals surface area contributed by atoms with Crippen molar-refractivity contribution in [3.05, 3.63) is 218 Å². The summed E-state index contributed by atoms with van der Waals surface area (Å²) in [6.45, 7) is 0. The number of oxazole rings is 1. The summed E-state index contributed by atoms with van der Waals surface area (Å²) < 4.78 is 12.8. The van der Waals surface area contributed by atoms with Crippen LogP contribution in [-0.4, -0.2) is 4.98 Å². The van der Waals surface area contributed by atoms with Gasteiger partial charge in [0.25, 0.3) is 0 Å². The fourth-order valence-corrected chi connectivity index (χ4v) is 8.97. The van der Waals surface area contributed by atoms with Crippen LogP contribution in [-0.2, 0) is 0 Å². The summed E-state index contributed by atoms with van der Waals surface area (Å²) in [7, 11) is 0. The molecule has 0 aliphatic rings. The molecule has 4 nitrogen and oxygen atoms in total. The van der Waals surface area contributed by atoms with E-state index in [1.807, 2.05) is 42.5 Å². The molecule has 0 aliphatic heterocycles. The van der Waals surface area contributed by atoms with Crippen LogP contribution in [0.15, 0.2) is 227 Å². The lowest BCUT2D eigenvalue weighted by Crippen LogP contribution is -2.11. The lowest BCUT2D eigenvalue weighted by atomic mass is 9.93. The van der Waals surface area contributed by atoms with Crippen LogP contribution in [0.25, 0.3) is 99.4 Å². The number of rotatable bonds is 7. The first-order valence-corrected chi connectivity index (χ1v) is 20.6. The highest BCUT2D eigenvalue weighted by Crippen LogP contribution is 2.44. The van der Waals surface area contributed by atoms with Gasteiger partial charge >= 0.3 is 0 Å². The molecule has 0 saturated carbocycles. The normalized spacial score (nSPS) is 11.6. The largest absolute Gasteiger partial charge is 0.456 e. The van der Waals surface area contributed by atoms with E-state index in [0.717, 1.165) is 77.9 Å². The van der Waals surface area contributed by atoms with Gasteiger partial charge in [-0.15, -0.1) is 0 Å². The molecule has 0 radical (unpaired) electrons. The number of nitrogens with zero attached hydrogens (tertiary/aromatic N) is 2. The molecule has 0 aliphatic carbocycles. The molecule has 0 spiro atoms. The molecule has 12 rings (SSSR count). The van der Waals surface area contributed by atoms with E-state index in [0.29, 0.717) is 5.89 Å². The molecule has 4 heteroatoms. The minimum atomic E-state index is 0.597. The summed E-state index contributed by atoms with van der Waals surface area (Å²) in [6.07, 6.45) is 0. The van der Waals surface area contributed by atoms with Crippen LogP contribution >= 0.6 is 0 Å². The summed E-state index contributed by atoms with van der Waals surface area (Å²) >= 11 is 0. The van der Waals surface area contributed by atoms with Gasteiger partial charge in [-0.05, 0) is 122 Å². The fourth-order valence-electron chi connectivity index (χ4n) is 8.97. The van der Waals surface area contributed by atoms with Crippen LogP contribution < -0.4 is 4.90 Å². The number of fused-ring (bicyclic) bond motifs is 8. The Balaban J connectivity index is 0.959. The molecule has 12 aromatic rings. The van der Waals surface area contributed by atoms with Gasteiger partial charge in [-0.25, -0.2) is 4.98 Å². The zero-order chi connectivity index (χ0) is 40.3. The Morgan fingerprint density at radius 3 is 1.72 bits per heavy atom. The Kier molecular flexibility index (Phi) is 8.13. The Bertz CT molecular complexity index is 3570. The molecule has 61 heavy (non-hydrogen) atoms. The molecule has 0 bridgehead atoms. The first-order chi connectivity index (χ1) is 30.2. The number of hydrogen-bond acceptors (Lipinski definition) is 4. The number of aromatic nitrogens is 1. The van der Waals surface area contributed by atoms with Gasteiger partial charge < -0.3 is 13.7 Å². The minimum absolute atomic E-state index is 0.597. The summed E-state index contributed by atoms with van der Waals surface area (Å²) in [6, 6.07) is 77.3. The van der Waals surface area contributed by atoms with Crippen LogP contribution in [0.3, 0.4) is 0 Å². The second-order valence-corrected chi connectivity index (χ2v) is 15.5. The average Bonchev–Trinajstić information content (AvgIpc) is 3.94. The van der Waals surface area contributed by atoms with Gasteiger partial charge in [0.05, 0.1) is 11.1 Å². The van der Waals surface area contributed by atoms with E-state index in [-0.39, 0.29) is 0 Å². The molecule has 10 aromatic carbocycles. The van der Waals surface area contributed by atoms with Crippen molar-refractivity contribution in [3.8, 4) is 44.8 Å². The SMILES string of the molecule is c1ccc(-c2nc3ccc4oc5ccc(-c6ccc(N(c7ccc(-c8cc9ccccc9c9ccccc89)cc7)c7ccccc7-c7ccccc7)cc6)cc5c4c3o2)cc1. The van der Waals surface area contributed by atoms with Crippen molar-refractivity contribution in [3.63, 3.8) is 0 Å². The van der Waals surface area contributed by atoms with Crippen molar-refractivity contribution in [1.82, 2.24) is 4.98 Å². The maximum Gasteiger partial charge on any atom is 0.227 e. The molecule has 0 atom stereocenters. The molecular weight excluding hydrogens is 745 g/mol. The second kappa shape index (κ2) is 14.3. The van der Waals surface area contributed by atoms with E-state index in [4.69, 9.17) is 13.8 Å². The minimum Gasteiger partial charge on any atom is -0.456 e. The van der Waals surface area contributed by atoms with Gasteiger partial charge in [0.2, 0.25) is 5.89 Å². The van der Waals surface area contributed by atoms with Crippen molar-refractivity contribution in [1.29, 1.82) is 0 Å². The average molecular weight is 781 g/mol. The first-order valence-electron chi connectivity index (χ1n) is 20.6. The molecule has 2 heterocycles. The maximum absolute atomic E-state index is 6.44. The molecule has 0 fully saturated rings. The molecule has 0 unspecified atom stereocenters. The standard InChI is InChI=1S/C57H36N2O2/c1-3-13-38(14-4-1)46-19-11-12-22-52(46)59(44-30-25-39(26-31-44)49-36-42-17-7-8-18-45(42)47-20-9-10-21-48(47)49)43-28-23-37(24-29-43)41-27-33-53-50(35-41)55-54(60-53)34-32-51-56(55)61-57(58-51)40-15-5-2-6-16-40/h1-36H. The van der Waals surface area contributed by atoms with Gasteiger partial charge in [0.15, 0.2) is 5.58 Å². The van der Waals surface area contributed by atoms with Crippen LogP contribution in [0.2, 0.25) is 0 Å². The smallest absolute Gasteiger partial charge is 0.227 e. The Labute approximate surface area is 352 Å². The molecule has 0 amide bonds. The van der Waals surface area contributed by atoms with Crippen molar-refractivity contribution >= 4 is 71.6 Å². The molecule has 0 N–H and O–H groups in total. The Hall–Kier alpha value is -8.21. The number of benzene rings is 10. The van der Waals surface area contributed by atoms with E-state index >= 15 is 0 Å². The van der Waals surface area contributed by atoms with Gasteiger partial charge in [0.1, 0.15) is 16.7 Å². The zero-order valence-electron chi connectivity index (χ0n) is 33.0. The number of para-hydroxylation sites is 1. The topological polar surface area (TPSA) is 42.4 Å². The van der Waals surface area contributed by atoms with E-state index in [1.54, 1.807) is 0 Å². The van der Waals surface area contributed by atoms with Crippen molar-refractivity contribution < 1.29 is 8.83 Å². The summed E-state index contributed by atoms with van der Waals surface area (Å²) in [4.78, 5) is 7.20. The number of furan rings is 1. The highest BCUT2D eigenvalue weighted by Gasteiger charge is 2.20. The lowest BCUT2D eigenvalue weighted by molar-refractivity contribution is 0.622. The van der Waals surface area contributed by atoms with E-state index < -0.39 is 0 Å². The Morgan fingerprint density at radius 1 is 0.361 bits per heavy atom. The number of anilines is 3. The zero-order valence-corrected chi connectivity index (χ0v) is 33.0. The first kappa shape index (κ1) is 34.8. The molecular formula is C57H36N2O2. The number of hydrogen-bond donors (Lipinski definition) is 0. The quantitative estimate of drug-likeness (QED) is 0.151. The molecule has 0 saturated heterocycles. The van der Waals surface area contributed by atoms with E-state index in [1.165, 1.54) is 32.7 Å². The van der Waals surface area contributed by atoms with E-state index in [9.17, 15) is 0 Å². The van der Waals surface area contributed by atoms with Crippen LogP contribution in [0.5, 0.6) is 0 Å². The maximum atomic E-state index is 6.44. The van der Waals surface area contributed by atoms with Crippen LogP contribution in [0.1, 0.15) is 0 Å². The van der Waals surface area contributed by atoms with Crippen LogP contribution in [0, 0.1) is 0 Å². The third-order valence-electron chi connectivity index (χ3n) is 11.9. The predicted molar refractivity (Wildman–Crippen MR) is 253 cm³/mol. The van der Waals surface area contributed by atoms with Gasteiger partial charge in [-0.2, -0.15) is 0 Å². The van der Waals surface area contributed by atoms with Gasteiger partial charge in [-0.3, -0.25) is 0 Å². The third-order valence-corrected chi connectivity index (χ3v) is 11.9. The van der Waals surface area contributed by atoms with Gasteiger partial charge in [0, 0.05) is 27.9 Å². The Morgan fingerprint density at radius 2 is 0.951 bits per heavy atom. The van der Waals surface area contributed by atoms with E-state index in [2.05, 4.69) is 181 Å². The summed E-state index contributed by atoms with van der Waals surface area (Å²) in [5.41, 5.74) is 14.2. The van der Waals surface area contributed by atoms with Crippen LogP contribution in [0.4, 0.5) is 17.1 Å². The molecule has 286 valence electrons. The summed E-state index contributed by atoms with van der Waals surface area (Å²) in [5, 5.41) is 6.96. The lowest BCUT2D eigenvalue weighted by Gasteiger charge is -2.28. The predicted octanol–water partition coefficient (Wildman–Crippen LogP) is 16.2. The van der Waals surface area contributed by atoms with Crippen molar-refractivity contribution in [2.75, 3.05) is 4.90 Å². The summed E-state index contributed by atoms with van der Waals surface area (Å²) in [5.74, 6) is 0.597. The third kappa shape index (κ3) is 5.96.